The number of pyridine rings is 1. The van der Waals surface area contributed by atoms with Crippen molar-refractivity contribution >= 4 is 17.0 Å². The summed E-state index contributed by atoms with van der Waals surface area (Å²) in [5, 5.41) is 8.41. The molecule has 2 atom stereocenters. The lowest BCUT2D eigenvalue weighted by atomic mass is 9.97. The van der Waals surface area contributed by atoms with Crippen LogP contribution in [0.3, 0.4) is 0 Å². The molecule has 0 radical (unpaired) electrons. The number of piperidine rings is 1. The van der Waals surface area contributed by atoms with Crippen molar-refractivity contribution < 1.29 is 9.32 Å². The van der Waals surface area contributed by atoms with Gasteiger partial charge in [-0.25, -0.2) is 4.98 Å². The molecule has 6 nitrogen and oxygen atoms in total. The van der Waals surface area contributed by atoms with E-state index >= 15 is 0 Å². The standard InChI is InChI=1S/C19H26N4O2/c1-10(2)16-9-15(17-11(3)22-25-18(17)21-16)19(24)23(4)14-7-12-5-6-13(8-14)20-12/h9-10,12-14,20H,5-8H2,1-4H3. The van der Waals surface area contributed by atoms with E-state index in [0.29, 0.717) is 23.4 Å². The van der Waals surface area contributed by atoms with Gasteiger partial charge in [0, 0.05) is 30.9 Å². The maximum atomic E-state index is 13.3. The van der Waals surface area contributed by atoms with Gasteiger partial charge in [-0.1, -0.05) is 19.0 Å². The van der Waals surface area contributed by atoms with Crippen molar-refractivity contribution in [3.8, 4) is 0 Å². The van der Waals surface area contributed by atoms with Gasteiger partial charge in [-0.05, 0) is 44.6 Å². The topological polar surface area (TPSA) is 71.3 Å². The molecule has 2 unspecified atom stereocenters. The summed E-state index contributed by atoms with van der Waals surface area (Å²) >= 11 is 0. The number of nitrogens with zero attached hydrogens (tertiary/aromatic N) is 3. The van der Waals surface area contributed by atoms with Crippen LogP contribution >= 0.6 is 0 Å². The summed E-state index contributed by atoms with van der Waals surface area (Å²) in [6.45, 7) is 6.00. The highest BCUT2D eigenvalue weighted by Crippen LogP contribution is 2.31. The number of carbonyl (C=O) groups is 1. The lowest BCUT2D eigenvalue weighted by Crippen LogP contribution is -2.48. The van der Waals surface area contributed by atoms with E-state index in [-0.39, 0.29) is 17.9 Å². The van der Waals surface area contributed by atoms with E-state index in [1.807, 2.05) is 24.9 Å². The highest BCUT2D eigenvalue weighted by molar-refractivity contribution is 6.06. The first-order chi connectivity index (χ1) is 11.9. The molecule has 4 heterocycles. The summed E-state index contributed by atoms with van der Waals surface area (Å²) in [5.74, 6) is 0.272. The second-order valence-electron chi connectivity index (χ2n) is 7.88. The highest BCUT2D eigenvalue weighted by Gasteiger charge is 2.37. The van der Waals surface area contributed by atoms with Gasteiger partial charge in [0.25, 0.3) is 11.6 Å². The van der Waals surface area contributed by atoms with Crippen LogP contribution < -0.4 is 5.32 Å². The van der Waals surface area contributed by atoms with Crippen molar-refractivity contribution in [1.82, 2.24) is 20.4 Å². The Hall–Kier alpha value is -1.95. The minimum Gasteiger partial charge on any atom is -0.339 e. The molecule has 2 fully saturated rings. The molecule has 1 amide bonds. The van der Waals surface area contributed by atoms with E-state index in [9.17, 15) is 4.79 Å². The Bertz CT molecular complexity index is 801. The largest absolute Gasteiger partial charge is 0.339 e. The lowest BCUT2D eigenvalue weighted by Gasteiger charge is -2.35. The number of amides is 1. The Morgan fingerprint density at radius 3 is 2.64 bits per heavy atom. The van der Waals surface area contributed by atoms with Crippen LogP contribution in [0.1, 0.15) is 67.2 Å². The van der Waals surface area contributed by atoms with Crippen molar-refractivity contribution in [2.24, 2.45) is 0 Å². The number of aromatic nitrogens is 2. The Kier molecular flexibility index (Phi) is 4.02. The monoisotopic (exact) mass is 342 g/mol. The predicted octanol–water partition coefficient (Wildman–Crippen LogP) is 3.01. The average molecular weight is 342 g/mol. The number of hydrogen-bond donors (Lipinski definition) is 1. The molecule has 1 N–H and O–H groups in total. The molecular weight excluding hydrogens is 316 g/mol. The van der Waals surface area contributed by atoms with Gasteiger partial charge in [-0.3, -0.25) is 4.79 Å². The zero-order chi connectivity index (χ0) is 17.7. The molecule has 0 spiro atoms. The first-order valence-corrected chi connectivity index (χ1v) is 9.24. The zero-order valence-electron chi connectivity index (χ0n) is 15.4. The molecule has 0 aliphatic carbocycles. The zero-order valence-corrected chi connectivity index (χ0v) is 15.4. The SMILES string of the molecule is Cc1noc2nc(C(C)C)cc(C(=O)N(C)C3CC4CCC(C3)N4)c12. The summed E-state index contributed by atoms with van der Waals surface area (Å²) in [4.78, 5) is 19.8. The van der Waals surface area contributed by atoms with Crippen molar-refractivity contribution in [2.75, 3.05) is 7.05 Å². The number of fused-ring (bicyclic) bond motifs is 3. The number of rotatable bonds is 3. The van der Waals surface area contributed by atoms with Crippen LogP contribution in [0, 0.1) is 6.92 Å². The fourth-order valence-electron chi connectivity index (χ4n) is 4.28. The van der Waals surface area contributed by atoms with Crippen molar-refractivity contribution in [1.29, 1.82) is 0 Å². The van der Waals surface area contributed by atoms with Gasteiger partial charge in [-0.2, -0.15) is 0 Å². The van der Waals surface area contributed by atoms with Gasteiger partial charge >= 0.3 is 0 Å². The molecule has 2 saturated heterocycles. The first-order valence-electron chi connectivity index (χ1n) is 9.24. The van der Waals surface area contributed by atoms with Crippen LogP contribution in [0.4, 0.5) is 0 Å². The van der Waals surface area contributed by atoms with E-state index in [1.165, 1.54) is 12.8 Å². The minimum atomic E-state index is 0.0481. The van der Waals surface area contributed by atoms with Gasteiger partial charge in [0.05, 0.1) is 16.6 Å². The first kappa shape index (κ1) is 16.5. The Morgan fingerprint density at radius 1 is 1.32 bits per heavy atom. The molecule has 134 valence electrons. The molecule has 2 bridgehead atoms. The van der Waals surface area contributed by atoms with Crippen molar-refractivity contribution in [3.05, 3.63) is 23.0 Å². The van der Waals surface area contributed by atoms with Crippen LogP contribution in [0.15, 0.2) is 10.6 Å². The quantitative estimate of drug-likeness (QED) is 0.928. The number of nitrogens with one attached hydrogen (secondary N) is 1. The van der Waals surface area contributed by atoms with E-state index in [0.717, 1.165) is 29.6 Å². The molecule has 2 aromatic rings. The van der Waals surface area contributed by atoms with Crippen LogP contribution in [0.25, 0.3) is 11.1 Å². The maximum absolute atomic E-state index is 13.3. The summed E-state index contributed by atoms with van der Waals surface area (Å²) in [5.41, 5.74) is 2.72. The molecular formula is C19H26N4O2. The molecule has 2 aliphatic heterocycles. The minimum absolute atomic E-state index is 0.0481. The predicted molar refractivity (Wildman–Crippen MR) is 95.7 cm³/mol. The summed E-state index contributed by atoms with van der Waals surface area (Å²) < 4.78 is 5.36. The van der Waals surface area contributed by atoms with Gasteiger partial charge < -0.3 is 14.7 Å². The van der Waals surface area contributed by atoms with Crippen LogP contribution in [-0.2, 0) is 0 Å². The van der Waals surface area contributed by atoms with Gasteiger partial charge in [0.15, 0.2) is 0 Å². The van der Waals surface area contributed by atoms with E-state index in [2.05, 4.69) is 29.3 Å². The van der Waals surface area contributed by atoms with Gasteiger partial charge in [-0.15, -0.1) is 0 Å². The third-order valence-electron chi connectivity index (χ3n) is 5.78. The van der Waals surface area contributed by atoms with Crippen LogP contribution in [-0.4, -0.2) is 46.1 Å². The second kappa shape index (κ2) is 6.09. The fraction of sp³-hybridized carbons (Fsp3) is 0.632. The molecule has 2 aromatic heterocycles. The molecule has 0 aromatic carbocycles. The van der Waals surface area contributed by atoms with Crippen LogP contribution in [0.5, 0.6) is 0 Å². The molecule has 4 rings (SSSR count). The van der Waals surface area contributed by atoms with Gasteiger partial charge in [0.2, 0.25) is 0 Å². The molecule has 6 heteroatoms. The Balaban J connectivity index is 1.70. The normalized spacial score (nSPS) is 25.7. The van der Waals surface area contributed by atoms with E-state index in [1.54, 1.807) is 0 Å². The summed E-state index contributed by atoms with van der Waals surface area (Å²) in [6.07, 6.45) is 4.52. The van der Waals surface area contributed by atoms with Crippen molar-refractivity contribution in [3.63, 3.8) is 0 Å². The number of carbonyl (C=O) groups excluding carboxylic acids is 1. The number of aryl methyl sites for hydroxylation is 1. The maximum Gasteiger partial charge on any atom is 0.259 e. The lowest BCUT2D eigenvalue weighted by molar-refractivity contribution is 0.0683. The highest BCUT2D eigenvalue weighted by atomic mass is 16.5. The van der Waals surface area contributed by atoms with Crippen LogP contribution in [0.2, 0.25) is 0 Å². The van der Waals surface area contributed by atoms with Crippen molar-refractivity contribution in [2.45, 2.75) is 70.5 Å². The third-order valence-corrected chi connectivity index (χ3v) is 5.78. The Morgan fingerprint density at radius 2 is 2.00 bits per heavy atom. The second-order valence-corrected chi connectivity index (χ2v) is 7.88. The summed E-state index contributed by atoms with van der Waals surface area (Å²) in [6, 6.07) is 3.32. The fourth-order valence-corrected chi connectivity index (χ4v) is 4.28. The average Bonchev–Trinajstić information content (AvgIpc) is 3.14. The smallest absolute Gasteiger partial charge is 0.259 e. The third kappa shape index (κ3) is 2.82. The summed E-state index contributed by atoms with van der Waals surface area (Å²) in [7, 11) is 1.93. The van der Waals surface area contributed by atoms with Gasteiger partial charge in [0.1, 0.15) is 0 Å². The number of hydrogen-bond acceptors (Lipinski definition) is 5. The molecule has 25 heavy (non-hydrogen) atoms. The Labute approximate surface area is 148 Å². The molecule has 0 saturated carbocycles. The molecule has 2 aliphatic rings. The van der Waals surface area contributed by atoms with E-state index < -0.39 is 0 Å². The van der Waals surface area contributed by atoms with E-state index in [4.69, 9.17) is 4.52 Å².